The highest BCUT2D eigenvalue weighted by atomic mass is 19.1. The number of hydrogen-bond acceptors (Lipinski definition) is 4. The Morgan fingerprint density at radius 1 is 1.27 bits per heavy atom. The summed E-state index contributed by atoms with van der Waals surface area (Å²) in [5.74, 6) is -0.253. The van der Waals surface area contributed by atoms with E-state index < -0.39 is 11.6 Å². The van der Waals surface area contributed by atoms with Crippen LogP contribution in [0.15, 0.2) is 24.3 Å². The average molecular weight is 364 g/mol. The molecule has 1 aromatic carbocycles. The topological polar surface area (TPSA) is 67.9 Å². The summed E-state index contributed by atoms with van der Waals surface area (Å²) >= 11 is 0. The largest absolute Gasteiger partial charge is 0.478 e. The Morgan fingerprint density at radius 3 is 2.62 bits per heavy atom. The van der Waals surface area contributed by atoms with Crippen LogP contribution >= 0.6 is 0 Å². The zero-order chi connectivity index (χ0) is 18.6. The highest BCUT2D eigenvalue weighted by molar-refractivity contribution is 5.94. The number of β-lactam (4-membered cyclic amide) rings is 1. The Labute approximate surface area is 152 Å². The number of nitrogens with one attached hydrogen (secondary N) is 1. The second kappa shape index (κ2) is 8.03. The lowest BCUT2D eigenvalue weighted by Gasteiger charge is -2.58. The van der Waals surface area contributed by atoms with Gasteiger partial charge in [-0.15, -0.1) is 0 Å². The van der Waals surface area contributed by atoms with E-state index in [0.29, 0.717) is 18.9 Å². The van der Waals surface area contributed by atoms with Crippen molar-refractivity contribution in [2.24, 2.45) is 0 Å². The molecule has 0 bridgehead atoms. The van der Waals surface area contributed by atoms with Gasteiger partial charge in [-0.05, 0) is 37.1 Å². The van der Waals surface area contributed by atoms with Gasteiger partial charge in [-0.1, -0.05) is 19.3 Å². The van der Waals surface area contributed by atoms with Gasteiger partial charge in [0.05, 0.1) is 12.1 Å². The second-order valence-corrected chi connectivity index (χ2v) is 6.88. The zero-order valence-corrected chi connectivity index (χ0v) is 15.0. The van der Waals surface area contributed by atoms with Crippen LogP contribution in [0.5, 0.6) is 5.75 Å². The number of methoxy groups -OCH3 is 1. The summed E-state index contributed by atoms with van der Waals surface area (Å²) in [7, 11) is 1.57. The van der Waals surface area contributed by atoms with Gasteiger partial charge in [0.15, 0.2) is 6.10 Å². The predicted octanol–water partition coefficient (Wildman–Crippen LogP) is 1.88. The molecule has 26 heavy (non-hydrogen) atoms. The minimum Gasteiger partial charge on any atom is -0.478 e. The van der Waals surface area contributed by atoms with Crippen molar-refractivity contribution in [1.82, 2.24) is 10.2 Å². The number of hydrogen-bond donors (Lipinski definition) is 1. The summed E-state index contributed by atoms with van der Waals surface area (Å²) in [6, 6.07) is 5.68. The number of amides is 2. The molecular formula is C19H25FN2O4. The van der Waals surface area contributed by atoms with Gasteiger partial charge in [0.1, 0.15) is 18.1 Å². The molecule has 2 fully saturated rings. The van der Waals surface area contributed by atoms with Crippen molar-refractivity contribution in [3.63, 3.8) is 0 Å². The Morgan fingerprint density at radius 2 is 1.96 bits per heavy atom. The average Bonchev–Trinajstić information content (AvgIpc) is 2.66. The Kier molecular flexibility index (Phi) is 5.76. The van der Waals surface area contributed by atoms with Crippen LogP contribution in [0.25, 0.3) is 0 Å². The first-order chi connectivity index (χ1) is 12.6. The third-order valence-electron chi connectivity index (χ3n) is 5.23. The lowest BCUT2D eigenvalue weighted by atomic mass is 9.70. The van der Waals surface area contributed by atoms with Gasteiger partial charge in [0.2, 0.25) is 5.91 Å². The lowest BCUT2D eigenvalue weighted by Crippen LogP contribution is -2.77. The van der Waals surface area contributed by atoms with Gasteiger partial charge in [0.25, 0.3) is 5.91 Å². The van der Waals surface area contributed by atoms with Gasteiger partial charge in [-0.2, -0.15) is 0 Å². The standard InChI is InChI=1S/C19H25FN2O4/c1-25-12-11-21-16(23)13-22-18(24)17(19(22)9-3-2-4-10-19)26-15-7-5-14(20)6-8-15/h5-8,17H,2-4,9-13H2,1H3,(H,21,23). The van der Waals surface area contributed by atoms with Crippen molar-refractivity contribution in [2.75, 3.05) is 26.8 Å². The van der Waals surface area contributed by atoms with E-state index in [1.807, 2.05) is 0 Å². The van der Waals surface area contributed by atoms with Crippen molar-refractivity contribution < 1.29 is 23.5 Å². The molecule has 1 saturated heterocycles. The first-order valence-electron chi connectivity index (χ1n) is 9.06. The highest BCUT2D eigenvalue weighted by Crippen LogP contribution is 2.45. The van der Waals surface area contributed by atoms with Crippen LogP contribution in [0, 0.1) is 5.82 Å². The molecule has 1 saturated carbocycles. The van der Waals surface area contributed by atoms with Crippen LogP contribution in [0.2, 0.25) is 0 Å². The van der Waals surface area contributed by atoms with E-state index in [1.165, 1.54) is 24.3 Å². The number of likely N-dealkylation sites (tertiary alicyclic amines) is 1. The Bertz CT molecular complexity index is 643. The van der Waals surface area contributed by atoms with Crippen molar-refractivity contribution in [2.45, 2.75) is 43.7 Å². The maximum atomic E-state index is 13.1. The predicted molar refractivity (Wildman–Crippen MR) is 93.2 cm³/mol. The molecule has 2 aliphatic rings. The van der Waals surface area contributed by atoms with E-state index in [2.05, 4.69) is 5.32 Å². The highest BCUT2D eigenvalue weighted by Gasteiger charge is 2.62. The Balaban J connectivity index is 1.69. The number of carbonyl (C=O) groups is 2. The molecule has 1 aliphatic heterocycles. The van der Waals surface area contributed by atoms with Gasteiger partial charge < -0.3 is 19.7 Å². The van der Waals surface area contributed by atoms with E-state index in [-0.39, 0.29) is 24.2 Å². The van der Waals surface area contributed by atoms with Crippen molar-refractivity contribution in [1.29, 1.82) is 0 Å². The minimum atomic E-state index is -0.611. The molecule has 1 N–H and O–H groups in total. The van der Waals surface area contributed by atoms with E-state index in [9.17, 15) is 14.0 Å². The number of carbonyl (C=O) groups excluding carboxylic acids is 2. The van der Waals surface area contributed by atoms with Crippen molar-refractivity contribution in [3.8, 4) is 5.75 Å². The normalized spacial score (nSPS) is 21.4. The molecule has 1 heterocycles. The molecule has 6 nitrogen and oxygen atoms in total. The molecule has 3 rings (SSSR count). The van der Waals surface area contributed by atoms with Crippen LogP contribution < -0.4 is 10.1 Å². The van der Waals surface area contributed by atoms with Gasteiger partial charge >= 0.3 is 0 Å². The first kappa shape index (κ1) is 18.6. The third-order valence-corrected chi connectivity index (χ3v) is 5.23. The maximum absolute atomic E-state index is 13.1. The fraction of sp³-hybridized carbons (Fsp3) is 0.579. The van der Waals surface area contributed by atoms with Crippen LogP contribution in [0.3, 0.4) is 0 Å². The smallest absolute Gasteiger partial charge is 0.267 e. The van der Waals surface area contributed by atoms with Crippen LogP contribution in [0.1, 0.15) is 32.1 Å². The van der Waals surface area contributed by atoms with E-state index >= 15 is 0 Å². The first-order valence-corrected chi connectivity index (χ1v) is 9.06. The number of benzene rings is 1. The molecule has 1 atom stereocenters. The van der Waals surface area contributed by atoms with Crippen LogP contribution in [-0.2, 0) is 14.3 Å². The zero-order valence-electron chi connectivity index (χ0n) is 15.0. The summed E-state index contributed by atoms with van der Waals surface area (Å²) in [4.78, 5) is 26.5. The maximum Gasteiger partial charge on any atom is 0.267 e. The molecule has 0 radical (unpaired) electrons. The lowest BCUT2D eigenvalue weighted by molar-refractivity contribution is -0.187. The van der Waals surface area contributed by atoms with Crippen LogP contribution in [0.4, 0.5) is 4.39 Å². The molecule has 142 valence electrons. The molecule has 1 unspecified atom stereocenters. The van der Waals surface area contributed by atoms with E-state index in [4.69, 9.17) is 9.47 Å². The van der Waals surface area contributed by atoms with Gasteiger partial charge in [-0.25, -0.2) is 4.39 Å². The molecule has 1 spiro atoms. The summed E-state index contributed by atoms with van der Waals surface area (Å²) in [6.45, 7) is 0.882. The fourth-order valence-corrected chi connectivity index (χ4v) is 3.90. The van der Waals surface area contributed by atoms with Gasteiger partial charge in [0, 0.05) is 13.7 Å². The third kappa shape index (κ3) is 3.67. The van der Waals surface area contributed by atoms with Crippen molar-refractivity contribution in [3.05, 3.63) is 30.1 Å². The van der Waals surface area contributed by atoms with Crippen LogP contribution in [-0.4, -0.2) is 55.2 Å². The molecular weight excluding hydrogens is 339 g/mol. The minimum absolute atomic E-state index is 0.0336. The number of rotatable bonds is 7. The van der Waals surface area contributed by atoms with E-state index in [0.717, 1.165) is 32.1 Å². The van der Waals surface area contributed by atoms with Crippen molar-refractivity contribution >= 4 is 11.8 Å². The summed E-state index contributed by atoms with van der Waals surface area (Å²) < 4.78 is 23.9. The van der Waals surface area contributed by atoms with Gasteiger partial charge in [-0.3, -0.25) is 9.59 Å². The number of halogens is 1. The number of nitrogens with zero attached hydrogens (tertiary/aromatic N) is 1. The second-order valence-electron chi connectivity index (χ2n) is 6.88. The quantitative estimate of drug-likeness (QED) is 0.593. The molecule has 1 aliphatic carbocycles. The molecule has 7 heteroatoms. The fourth-order valence-electron chi connectivity index (χ4n) is 3.90. The SMILES string of the molecule is COCCNC(=O)CN1C(=O)C(Oc2ccc(F)cc2)C12CCCCC2. The summed E-state index contributed by atoms with van der Waals surface area (Å²) in [5.41, 5.74) is -0.442. The molecule has 1 aromatic rings. The molecule has 0 aromatic heterocycles. The Hall–Kier alpha value is -2.15. The molecule has 2 amide bonds. The van der Waals surface area contributed by atoms with E-state index in [1.54, 1.807) is 12.0 Å². The summed E-state index contributed by atoms with van der Waals surface area (Å²) in [5, 5.41) is 2.76. The monoisotopic (exact) mass is 364 g/mol. The summed E-state index contributed by atoms with van der Waals surface area (Å²) in [6.07, 6.45) is 4.13. The number of ether oxygens (including phenoxy) is 2.